The molecule has 0 fully saturated rings. The quantitative estimate of drug-likeness (QED) is 0.346. The van der Waals surface area contributed by atoms with Gasteiger partial charge in [-0.15, -0.1) is 0 Å². The minimum atomic E-state index is -4.53. The fraction of sp³-hybridized carbons (Fsp3) is 0.400. The van der Waals surface area contributed by atoms with Crippen LogP contribution in [0.5, 0.6) is 5.75 Å². The zero-order chi connectivity index (χ0) is 24.9. The monoisotopic (exact) mass is 490 g/mol. The first-order valence-corrected chi connectivity index (χ1v) is 11.8. The zero-order valence-electron chi connectivity index (χ0n) is 19.9. The number of pyridine rings is 1. The molecule has 0 saturated carbocycles. The predicted molar refractivity (Wildman–Crippen MR) is 129 cm³/mol. The summed E-state index contributed by atoms with van der Waals surface area (Å²) in [5, 5.41) is 0. The first-order valence-electron chi connectivity index (χ1n) is 11.0. The summed E-state index contributed by atoms with van der Waals surface area (Å²) in [7, 11) is 0. The Morgan fingerprint density at radius 2 is 1.62 bits per heavy atom. The Balaban J connectivity index is 1.83. The van der Waals surface area contributed by atoms with E-state index in [0.29, 0.717) is 33.6 Å². The third-order valence-electron chi connectivity index (χ3n) is 5.23. The molecule has 0 amide bonds. The van der Waals surface area contributed by atoms with E-state index in [4.69, 9.17) is 4.74 Å². The number of alkyl halides is 3. The number of benzene rings is 1. The van der Waals surface area contributed by atoms with Crippen LogP contribution in [0.1, 0.15) is 37.4 Å². The van der Waals surface area contributed by atoms with Crippen molar-refractivity contribution in [1.29, 1.82) is 0 Å². The van der Waals surface area contributed by atoms with Gasteiger partial charge < -0.3 is 4.74 Å². The minimum Gasteiger partial charge on any atom is -0.489 e. The molecule has 2 aromatic heterocycles. The molecule has 0 aliphatic rings. The summed E-state index contributed by atoms with van der Waals surface area (Å²) in [5.74, 6) is 0.700. The van der Waals surface area contributed by atoms with Gasteiger partial charge in [0.15, 0.2) is 5.54 Å². The number of nitrogens with one attached hydrogen (secondary N) is 1. The molecule has 0 bridgehead atoms. The van der Waals surface area contributed by atoms with Gasteiger partial charge in [-0.05, 0) is 75.4 Å². The molecular weight excluding hydrogens is 461 g/mol. The van der Waals surface area contributed by atoms with E-state index in [2.05, 4.69) is 19.7 Å². The number of hydrogen-bond donors (Lipinski definition) is 1. The topological polar surface area (TPSA) is 59.9 Å². The van der Waals surface area contributed by atoms with Crippen molar-refractivity contribution in [1.82, 2.24) is 19.7 Å². The maximum absolute atomic E-state index is 14.4. The van der Waals surface area contributed by atoms with Crippen LogP contribution in [0.3, 0.4) is 0 Å². The SMILES string of the molecule is Cc1ccc(SNC(COc2ccc(-c3ccnc(C)n3)nc2C)(CC(C)C)C(F)(F)F)cc1. The van der Waals surface area contributed by atoms with Crippen molar-refractivity contribution in [2.24, 2.45) is 5.92 Å². The van der Waals surface area contributed by atoms with Gasteiger partial charge in [0.05, 0.1) is 17.1 Å². The maximum Gasteiger partial charge on any atom is 0.410 e. The Bertz CT molecular complexity index is 1110. The lowest BCUT2D eigenvalue weighted by molar-refractivity contribution is -0.202. The summed E-state index contributed by atoms with van der Waals surface area (Å²) >= 11 is 0.966. The van der Waals surface area contributed by atoms with Crippen molar-refractivity contribution >= 4 is 11.9 Å². The van der Waals surface area contributed by atoms with Gasteiger partial charge in [-0.25, -0.2) is 19.7 Å². The molecule has 34 heavy (non-hydrogen) atoms. The van der Waals surface area contributed by atoms with Crippen LogP contribution in [0.4, 0.5) is 13.2 Å². The predicted octanol–water partition coefficient (Wildman–Crippen LogP) is 6.49. The standard InChI is InChI=1S/C25H29F3N4OS/c1-16(2)14-24(25(26,27)28,32-34-20-8-6-17(3)7-9-20)15-33-23-11-10-21(30-18(23)4)22-12-13-29-19(5)31-22/h6-13,16,32H,14-15H2,1-5H3. The second-order valence-corrected chi connectivity index (χ2v) is 9.63. The molecule has 0 aliphatic heterocycles. The van der Waals surface area contributed by atoms with Crippen molar-refractivity contribution < 1.29 is 17.9 Å². The highest BCUT2D eigenvalue weighted by Gasteiger charge is 2.56. The van der Waals surface area contributed by atoms with E-state index in [1.807, 2.05) is 19.1 Å². The van der Waals surface area contributed by atoms with Gasteiger partial charge in [-0.1, -0.05) is 31.5 Å². The van der Waals surface area contributed by atoms with Gasteiger partial charge in [0.1, 0.15) is 18.2 Å². The fourth-order valence-electron chi connectivity index (χ4n) is 3.49. The zero-order valence-corrected chi connectivity index (χ0v) is 20.7. The van der Waals surface area contributed by atoms with Crippen molar-refractivity contribution in [3.8, 4) is 17.1 Å². The van der Waals surface area contributed by atoms with E-state index in [0.717, 1.165) is 17.5 Å². The molecular formula is C25H29F3N4OS. The molecule has 2 heterocycles. The van der Waals surface area contributed by atoms with Crippen LogP contribution in [0.15, 0.2) is 53.6 Å². The summed E-state index contributed by atoms with van der Waals surface area (Å²) in [6, 6.07) is 12.4. The van der Waals surface area contributed by atoms with E-state index in [9.17, 15) is 13.2 Å². The van der Waals surface area contributed by atoms with Gasteiger partial charge in [-0.3, -0.25) is 0 Å². The molecule has 9 heteroatoms. The Hall–Kier alpha value is -2.65. The molecule has 1 aromatic carbocycles. The third kappa shape index (κ3) is 6.48. The summed E-state index contributed by atoms with van der Waals surface area (Å²) in [5.41, 5.74) is 0.530. The molecule has 3 aromatic rings. The summed E-state index contributed by atoms with van der Waals surface area (Å²) < 4.78 is 51.8. The van der Waals surface area contributed by atoms with E-state index >= 15 is 0 Å². The maximum atomic E-state index is 14.4. The van der Waals surface area contributed by atoms with Gasteiger partial charge >= 0.3 is 6.18 Å². The van der Waals surface area contributed by atoms with Crippen LogP contribution in [0.25, 0.3) is 11.4 Å². The molecule has 1 unspecified atom stereocenters. The highest BCUT2D eigenvalue weighted by molar-refractivity contribution is 7.97. The van der Waals surface area contributed by atoms with Crippen molar-refractivity contribution in [3.63, 3.8) is 0 Å². The van der Waals surface area contributed by atoms with E-state index < -0.39 is 18.3 Å². The Morgan fingerprint density at radius 3 is 2.21 bits per heavy atom. The lowest BCUT2D eigenvalue weighted by Crippen LogP contribution is -2.59. The van der Waals surface area contributed by atoms with E-state index in [-0.39, 0.29) is 12.3 Å². The largest absolute Gasteiger partial charge is 0.489 e. The first-order chi connectivity index (χ1) is 16.0. The molecule has 182 valence electrons. The number of aromatic nitrogens is 3. The number of halogens is 3. The summed E-state index contributed by atoms with van der Waals surface area (Å²) in [4.78, 5) is 13.6. The summed E-state index contributed by atoms with van der Waals surface area (Å²) in [6.45, 7) is 8.37. The van der Waals surface area contributed by atoms with Crippen molar-refractivity contribution in [3.05, 3.63) is 65.7 Å². The average Bonchev–Trinajstić information content (AvgIpc) is 2.76. The lowest BCUT2D eigenvalue weighted by Gasteiger charge is -2.37. The second-order valence-electron chi connectivity index (χ2n) is 8.75. The van der Waals surface area contributed by atoms with Gasteiger partial charge in [-0.2, -0.15) is 13.2 Å². The van der Waals surface area contributed by atoms with Gasteiger partial charge in [0.25, 0.3) is 0 Å². The first kappa shape index (κ1) is 26.0. The number of aryl methyl sites for hydroxylation is 3. The number of hydrogen-bond acceptors (Lipinski definition) is 6. The summed E-state index contributed by atoms with van der Waals surface area (Å²) in [6.07, 6.45) is -3.03. The lowest BCUT2D eigenvalue weighted by atomic mass is 9.90. The average molecular weight is 491 g/mol. The van der Waals surface area contributed by atoms with Crippen LogP contribution in [-0.2, 0) is 0 Å². The molecule has 0 aliphatic carbocycles. The van der Waals surface area contributed by atoms with Crippen LogP contribution >= 0.6 is 11.9 Å². The van der Waals surface area contributed by atoms with Crippen LogP contribution in [0, 0.1) is 26.7 Å². The Morgan fingerprint density at radius 1 is 0.941 bits per heavy atom. The smallest absolute Gasteiger partial charge is 0.410 e. The van der Waals surface area contributed by atoms with Crippen molar-refractivity contribution in [2.75, 3.05) is 6.61 Å². The van der Waals surface area contributed by atoms with Crippen LogP contribution in [-0.4, -0.2) is 33.3 Å². The van der Waals surface area contributed by atoms with E-state index in [1.165, 1.54) is 0 Å². The molecule has 0 radical (unpaired) electrons. The molecule has 0 saturated heterocycles. The van der Waals surface area contributed by atoms with E-state index in [1.54, 1.807) is 64.2 Å². The fourth-order valence-corrected chi connectivity index (χ4v) is 4.33. The van der Waals surface area contributed by atoms with Gasteiger partial charge in [0.2, 0.25) is 0 Å². The highest BCUT2D eigenvalue weighted by Crippen LogP contribution is 2.39. The third-order valence-corrected chi connectivity index (χ3v) is 6.24. The van der Waals surface area contributed by atoms with Crippen LogP contribution < -0.4 is 9.46 Å². The molecule has 5 nitrogen and oxygen atoms in total. The molecule has 3 rings (SSSR count). The molecule has 0 spiro atoms. The second kappa shape index (κ2) is 10.7. The minimum absolute atomic E-state index is 0.139. The number of nitrogens with zero attached hydrogens (tertiary/aromatic N) is 3. The molecule has 1 N–H and O–H groups in total. The number of rotatable bonds is 9. The van der Waals surface area contributed by atoms with Crippen LogP contribution in [0.2, 0.25) is 0 Å². The molecule has 1 atom stereocenters. The Kier molecular flexibility index (Phi) is 8.20. The highest BCUT2D eigenvalue weighted by atomic mass is 32.2. The number of ether oxygens (including phenoxy) is 1. The Labute approximate surface area is 202 Å². The van der Waals surface area contributed by atoms with Gasteiger partial charge in [0, 0.05) is 11.1 Å². The normalized spacial score (nSPS) is 13.7. The van der Waals surface area contributed by atoms with Crippen molar-refractivity contribution in [2.45, 2.75) is 57.7 Å².